The number of rotatable bonds is 6. The lowest BCUT2D eigenvalue weighted by Gasteiger charge is -2.08. The third-order valence-electron chi connectivity index (χ3n) is 3.48. The Morgan fingerprint density at radius 3 is 2.26 bits per heavy atom. The highest BCUT2D eigenvalue weighted by atomic mass is 32.2. The number of hydrogen-bond donors (Lipinski definition) is 0. The van der Waals surface area contributed by atoms with E-state index < -0.39 is 43.0 Å². The predicted molar refractivity (Wildman–Crippen MR) is 99.0 cm³/mol. The Balaban J connectivity index is 2.24. The van der Waals surface area contributed by atoms with E-state index in [0.717, 1.165) is 35.6 Å². The van der Waals surface area contributed by atoms with E-state index in [4.69, 9.17) is 4.74 Å². The minimum atomic E-state index is -3.67. The number of nitro groups is 1. The van der Waals surface area contributed by atoms with Crippen LogP contribution in [0.5, 0.6) is 5.75 Å². The molecule has 0 spiro atoms. The monoisotopic (exact) mass is 411 g/mol. The molecule has 0 aliphatic heterocycles. The van der Waals surface area contributed by atoms with Gasteiger partial charge in [0.05, 0.1) is 20.6 Å². The number of ether oxygens (including phenoxy) is 1. The molecule has 10 heteroatoms. The SMILES string of the molecule is Cc1cc(C)cc(OC(=O)CS(=O)c2ccc(S(C)(=O)=O)cc2[N+](=O)[O-])c1. The van der Waals surface area contributed by atoms with Gasteiger partial charge in [-0.2, -0.15) is 0 Å². The van der Waals surface area contributed by atoms with Gasteiger partial charge >= 0.3 is 5.97 Å². The van der Waals surface area contributed by atoms with Crippen LogP contribution in [0.4, 0.5) is 5.69 Å². The second kappa shape index (κ2) is 7.97. The van der Waals surface area contributed by atoms with E-state index in [-0.39, 0.29) is 15.5 Å². The maximum atomic E-state index is 12.4. The average Bonchev–Trinajstić information content (AvgIpc) is 2.52. The van der Waals surface area contributed by atoms with Crippen LogP contribution < -0.4 is 4.74 Å². The summed E-state index contributed by atoms with van der Waals surface area (Å²) in [6.07, 6.45) is 0.907. The molecule has 8 nitrogen and oxygen atoms in total. The minimum absolute atomic E-state index is 0.246. The van der Waals surface area contributed by atoms with E-state index in [1.54, 1.807) is 12.1 Å². The number of sulfone groups is 1. The van der Waals surface area contributed by atoms with Crippen molar-refractivity contribution in [2.75, 3.05) is 12.0 Å². The van der Waals surface area contributed by atoms with Crippen molar-refractivity contribution in [1.82, 2.24) is 0 Å². The highest BCUT2D eigenvalue weighted by molar-refractivity contribution is 7.90. The van der Waals surface area contributed by atoms with Crippen LogP contribution in [0.15, 0.2) is 46.2 Å². The van der Waals surface area contributed by atoms with Crippen molar-refractivity contribution < 1.29 is 27.1 Å². The summed E-state index contributed by atoms with van der Waals surface area (Å²) in [4.78, 5) is 21.9. The lowest BCUT2D eigenvalue weighted by molar-refractivity contribution is -0.388. The van der Waals surface area contributed by atoms with E-state index in [1.165, 1.54) is 0 Å². The molecule has 0 amide bonds. The minimum Gasteiger partial charge on any atom is -0.426 e. The zero-order valence-corrected chi connectivity index (χ0v) is 16.4. The fourth-order valence-electron chi connectivity index (χ4n) is 2.40. The largest absolute Gasteiger partial charge is 0.426 e. The Morgan fingerprint density at radius 2 is 1.74 bits per heavy atom. The molecule has 0 aromatic heterocycles. The van der Waals surface area contributed by atoms with Gasteiger partial charge in [-0.1, -0.05) is 6.07 Å². The second-order valence-electron chi connectivity index (χ2n) is 5.95. The second-order valence-corrected chi connectivity index (χ2v) is 9.38. The van der Waals surface area contributed by atoms with Gasteiger partial charge in [-0.05, 0) is 49.2 Å². The van der Waals surface area contributed by atoms with Crippen LogP contribution in [0.25, 0.3) is 0 Å². The lowest BCUT2D eigenvalue weighted by atomic mass is 10.1. The van der Waals surface area contributed by atoms with Crippen LogP contribution in [-0.4, -0.2) is 35.5 Å². The quantitative estimate of drug-likeness (QED) is 0.309. The molecule has 2 rings (SSSR count). The molecule has 2 aromatic rings. The first kappa shape index (κ1) is 20.7. The predicted octanol–water partition coefficient (Wildman–Crippen LogP) is 2.33. The Labute approximate surface area is 158 Å². The fraction of sp³-hybridized carbons (Fsp3) is 0.235. The molecule has 1 unspecified atom stereocenters. The number of nitrogens with zero attached hydrogens (tertiary/aromatic N) is 1. The summed E-state index contributed by atoms with van der Waals surface area (Å²) < 4.78 is 40.7. The third kappa shape index (κ3) is 5.44. The zero-order chi connectivity index (χ0) is 20.4. The van der Waals surface area contributed by atoms with Crippen molar-refractivity contribution >= 4 is 32.3 Å². The van der Waals surface area contributed by atoms with Gasteiger partial charge in [0.15, 0.2) is 9.84 Å². The lowest BCUT2D eigenvalue weighted by Crippen LogP contribution is -2.18. The molecule has 0 fully saturated rings. The summed E-state index contributed by atoms with van der Waals surface area (Å²) in [6, 6.07) is 8.19. The van der Waals surface area contributed by atoms with Crippen LogP contribution >= 0.6 is 0 Å². The topological polar surface area (TPSA) is 121 Å². The first-order chi connectivity index (χ1) is 12.5. The van der Waals surface area contributed by atoms with Crippen LogP contribution in [0.2, 0.25) is 0 Å². The van der Waals surface area contributed by atoms with Crippen LogP contribution in [0, 0.1) is 24.0 Å². The number of benzene rings is 2. The molecule has 27 heavy (non-hydrogen) atoms. The Morgan fingerprint density at radius 1 is 1.15 bits per heavy atom. The molecular weight excluding hydrogens is 394 g/mol. The number of hydrogen-bond acceptors (Lipinski definition) is 7. The summed E-state index contributed by atoms with van der Waals surface area (Å²) in [7, 11) is -5.74. The van der Waals surface area contributed by atoms with Gasteiger partial charge in [-0.25, -0.2) is 8.42 Å². The molecule has 2 aromatic carbocycles. The maximum Gasteiger partial charge on any atom is 0.324 e. The molecular formula is C17H17NO7S2. The van der Waals surface area contributed by atoms with Gasteiger partial charge in [-0.3, -0.25) is 19.1 Å². The van der Waals surface area contributed by atoms with Gasteiger partial charge in [0.25, 0.3) is 5.69 Å². The van der Waals surface area contributed by atoms with Crippen molar-refractivity contribution in [3.63, 3.8) is 0 Å². The Hall–Kier alpha value is -2.59. The molecule has 0 bridgehead atoms. The molecule has 0 N–H and O–H groups in total. The zero-order valence-electron chi connectivity index (χ0n) is 14.8. The van der Waals surface area contributed by atoms with Gasteiger partial charge in [0.2, 0.25) is 0 Å². The standard InChI is InChI=1S/C17H17NO7S2/c1-11-6-12(2)8-13(7-11)25-17(19)10-26(22)16-5-4-14(27(3,23)24)9-15(16)18(20)21/h4-9H,10H2,1-3H3. The van der Waals surface area contributed by atoms with Crippen molar-refractivity contribution in [2.24, 2.45) is 0 Å². The van der Waals surface area contributed by atoms with Gasteiger partial charge in [0, 0.05) is 12.3 Å². The Bertz CT molecular complexity index is 1020. The maximum absolute atomic E-state index is 12.4. The van der Waals surface area contributed by atoms with E-state index in [9.17, 15) is 27.5 Å². The van der Waals surface area contributed by atoms with E-state index in [2.05, 4.69) is 0 Å². The molecule has 0 aliphatic rings. The van der Waals surface area contributed by atoms with Crippen molar-refractivity contribution in [1.29, 1.82) is 0 Å². The fourth-order valence-corrected chi connectivity index (χ4v) is 4.06. The molecule has 0 saturated heterocycles. The first-order valence-corrected chi connectivity index (χ1v) is 10.8. The van der Waals surface area contributed by atoms with Gasteiger partial charge < -0.3 is 4.74 Å². The highest BCUT2D eigenvalue weighted by Crippen LogP contribution is 2.26. The highest BCUT2D eigenvalue weighted by Gasteiger charge is 2.24. The number of aryl methyl sites for hydroxylation is 2. The van der Waals surface area contributed by atoms with Gasteiger partial charge in [0.1, 0.15) is 16.4 Å². The summed E-state index contributed by atoms with van der Waals surface area (Å²) in [5.41, 5.74) is 1.13. The summed E-state index contributed by atoms with van der Waals surface area (Å²) >= 11 is 0. The van der Waals surface area contributed by atoms with E-state index in [1.807, 2.05) is 19.9 Å². The van der Waals surface area contributed by atoms with Crippen LogP contribution in [0.1, 0.15) is 11.1 Å². The summed E-state index contributed by atoms with van der Waals surface area (Å²) in [5, 5.41) is 11.2. The third-order valence-corrected chi connectivity index (χ3v) is 5.92. The van der Waals surface area contributed by atoms with Crippen molar-refractivity contribution in [3.05, 3.63) is 57.6 Å². The summed E-state index contributed by atoms with van der Waals surface area (Å²) in [5.74, 6) is -1.14. The Kier molecular flexibility index (Phi) is 6.11. The molecule has 144 valence electrons. The molecule has 0 aliphatic carbocycles. The number of nitro benzene ring substituents is 1. The molecule has 1 atom stereocenters. The van der Waals surface area contributed by atoms with Crippen LogP contribution in [-0.2, 0) is 25.4 Å². The number of carbonyl (C=O) groups is 1. The molecule has 0 heterocycles. The number of esters is 1. The van der Waals surface area contributed by atoms with E-state index in [0.29, 0.717) is 0 Å². The van der Waals surface area contributed by atoms with Crippen LogP contribution in [0.3, 0.4) is 0 Å². The molecule has 0 radical (unpaired) electrons. The smallest absolute Gasteiger partial charge is 0.324 e. The van der Waals surface area contributed by atoms with Crippen molar-refractivity contribution in [2.45, 2.75) is 23.6 Å². The molecule has 0 saturated carbocycles. The first-order valence-electron chi connectivity index (χ1n) is 7.63. The van der Waals surface area contributed by atoms with E-state index >= 15 is 0 Å². The van der Waals surface area contributed by atoms with Crippen molar-refractivity contribution in [3.8, 4) is 5.75 Å². The normalized spacial score (nSPS) is 12.4. The summed E-state index contributed by atoms with van der Waals surface area (Å²) in [6.45, 7) is 3.66. The average molecular weight is 411 g/mol. The number of carbonyl (C=O) groups excluding carboxylic acids is 1. The van der Waals surface area contributed by atoms with Gasteiger partial charge in [-0.15, -0.1) is 0 Å².